The van der Waals surface area contributed by atoms with Crippen molar-refractivity contribution in [1.29, 1.82) is 5.26 Å². The van der Waals surface area contributed by atoms with Gasteiger partial charge in [0, 0.05) is 0 Å². The number of nitrogens with zero attached hydrogens (tertiary/aromatic N) is 1. The van der Waals surface area contributed by atoms with Crippen LogP contribution in [-0.4, -0.2) is 0 Å². The van der Waals surface area contributed by atoms with Gasteiger partial charge in [-0.3, -0.25) is 0 Å². The van der Waals surface area contributed by atoms with Gasteiger partial charge in [-0.15, -0.1) is 0 Å². The van der Waals surface area contributed by atoms with Crippen molar-refractivity contribution in [3.63, 3.8) is 0 Å². The molecule has 2 rings (SSSR count). The van der Waals surface area contributed by atoms with Crippen molar-refractivity contribution >= 4 is 0 Å². The van der Waals surface area contributed by atoms with Crippen LogP contribution in [0.4, 0.5) is 0 Å². The van der Waals surface area contributed by atoms with Gasteiger partial charge in [0.2, 0.25) is 0 Å². The third-order valence-corrected chi connectivity index (χ3v) is 5.60. The van der Waals surface area contributed by atoms with Crippen LogP contribution in [0, 0.1) is 23.2 Å². The van der Waals surface area contributed by atoms with Gasteiger partial charge in [-0.25, -0.2) is 0 Å². The van der Waals surface area contributed by atoms with E-state index in [1.807, 2.05) is 12.1 Å². The smallest absolute Gasteiger partial charge is 0.0991 e. The van der Waals surface area contributed by atoms with Crippen molar-refractivity contribution < 1.29 is 0 Å². The van der Waals surface area contributed by atoms with Gasteiger partial charge < -0.3 is 0 Å². The fourth-order valence-corrected chi connectivity index (χ4v) is 3.98. The van der Waals surface area contributed by atoms with Gasteiger partial charge in [-0.1, -0.05) is 58.1 Å². The Morgan fingerprint density at radius 2 is 1.73 bits per heavy atom. The van der Waals surface area contributed by atoms with E-state index in [1.54, 1.807) is 0 Å². The molecule has 1 saturated carbocycles. The molecule has 0 N–H and O–H groups in total. The van der Waals surface area contributed by atoms with E-state index in [0.717, 1.165) is 23.3 Å². The van der Waals surface area contributed by atoms with Crippen molar-refractivity contribution in [3.8, 4) is 6.07 Å². The summed E-state index contributed by atoms with van der Waals surface area (Å²) in [6, 6.07) is 10.5. The zero-order valence-electron chi connectivity index (χ0n) is 14.4. The Hall–Kier alpha value is -1.29. The van der Waals surface area contributed by atoms with Crippen LogP contribution in [0.5, 0.6) is 0 Å². The highest BCUT2D eigenvalue weighted by molar-refractivity contribution is 5.33. The number of hydrogen-bond acceptors (Lipinski definition) is 1. The van der Waals surface area contributed by atoms with E-state index in [4.69, 9.17) is 5.26 Å². The molecule has 0 aromatic heterocycles. The summed E-state index contributed by atoms with van der Waals surface area (Å²) in [4.78, 5) is 0. The Morgan fingerprint density at radius 3 is 2.32 bits per heavy atom. The lowest BCUT2D eigenvalue weighted by molar-refractivity contribution is 0.231. The summed E-state index contributed by atoms with van der Waals surface area (Å²) in [6.07, 6.45) is 12.4. The summed E-state index contributed by atoms with van der Waals surface area (Å²) in [5.41, 5.74) is 2.21. The van der Waals surface area contributed by atoms with E-state index < -0.39 is 0 Å². The molecule has 1 fully saturated rings. The van der Waals surface area contributed by atoms with E-state index in [2.05, 4.69) is 32.0 Å². The van der Waals surface area contributed by atoms with Gasteiger partial charge in [0.1, 0.15) is 0 Å². The monoisotopic (exact) mass is 297 g/mol. The summed E-state index contributed by atoms with van der Waals surface area (Å²) >= 11 is 0. The van der Waals surface area contributed by atoms with Gasteiger partial charge in [0.15, 0.2) is 0 Å². The maximum atomic E-state index is 8.89. The van der Waals surface area contributed by atoms with E-state index >= 15 is 0 Å². The van der Waals surface area contributed by atoms with Crippen LogP contribution >= 0.6 is 0 Å². The molecule has 1 atom stereocenters. The van der Waals surface area contributed by atoms with Crippen LogP contribution in [0.1, 0.15) is 88.7 Å². The van der Waals surface area contributed by atoms with Crippen molar-refractivity contribution in [2.75, 3.05) is 0 Å². The highest BCUT2D eigenvalue weighted by atomic mass is 14.3. The van der Waals surface area contributed by atoms with Gasteiger partial charge in [0.05, 0.1) is 11.6 Å². The first-order valence-corrected chi connectivity index (χ1v) is 9.24. The Labute approximate surface area is 136 Å². The van der Waals surface area contributed by atoms with Crippen molar-refractivity contribution in [2.24, 2.45) is 11.8 Å². The highest BCUT2D eigenvalue weighted by Gasteiger charge is 2.25. The summed E-state index contributed by atoms with van der Waals surface area (Å²) < 4.78 is 0. The molecule has 0 radical (unpaired) electrons. The minimum absolute atomic E-state index is 0.719. The molecule has 0 aliphatic heterocycles. The second-order valence-electron chi connectivity index (χ2n) is 7.17. The molecule has 1 aliphatic rings. The molecule has 1 aromatic carbocycles. The molecule has 1 heteroatoms. The molecule has 120 valence electrons. The molecule has 1 aliphatic carbocycles. The van der Waals surface area contributed by atoms with Crippen LogP contribution < -0.4 is 0 Å². The van der Waals surface area contributed by atoms with Crippen LogP contribution in [-0.2, 0) is 0 Å². The largest absolute Gasteiger partial charge is 0.192 e. The number of hydrogen-bond donors (Lipinski definition) is 0. The van der Waals surface area contributed by atoms with E-state index in [9.17, 15) is 0 Å². The fraction of sp³-hybridized carbons (Fsp3) is 0.667. The van der Waals surface area contributed by atoms with Gasteiger partial charge in [0.25, 0.3) is 0 Å². The molecular formula is C21H31N. The molecule has 1 aromatic rings. The minimum Gasteiger partial charge on any atom is -0.192 e. The molecule has 0 heterocycles. The minimum atomic E-state index is 0.719. The maximum Gasteiger partial charge on any atom is 0.0991 e. The predicted molar refractivity (Wildman–Crippen MR) is 93.8 cm³/mol. The van der Waals surface area contributed by atoms with E-state index in [0.29, 0.717) is 0 Å². The second kappa shape index (κ2) is 8.99. The summed E-state index contributed by atoms with van der Waals surface area (Å²) in [5.74, 6) is 2.56. The first kappa shape index (κ1) is 17.1. The Kier molecular flexibility index (Phi) is 6.97. The van der Waals surface area contributed by atoms with Crippen LogP contribution in [0.15, 0.2) is 24.3 Å². The first-order chi connectivity index (χ1) is 10.7. The first-order valence-electron chi connectivity index (χ1n) is 9.24. The zero-order valence-corrected chi connectivity index (χ0v) is 14.4. The van der Waals surface area contributed by atoms with Crippen LogP contribution in [0.25, 0.3) is 0 Å². The number of rotatable bonds is 7. The quantitative estimate of drug-likeness (QED) is 0.531. The maximum absolute atomic E-state index is 8.89. The van der Waals surface area contributed by atoms with Gasteiger partial charge in [-0.2, -0.15) is 5.26 Å². The topological polar surface area (TPSA) is 23.8 Å². The van der Waals surface area contributed by atoms with Crippen molar-refractivity contribution in [2.45, 2.75) is 77.6 Å². The molecule has 0 spiro atoms. The van der Waals surface area contributed by atoms with Crippen molar-refractivity contribution in [3.05, 3.63) is 35.4 Å². The van der Waals surface area contributed by atoms with E-state index in [-0.39, 0.29) is 0 Å². The molecular weight excluding hydrogens is 266 g/mol. The average molecular weight is 297 g/mol. The Morgan fingerprint density at radius 1 is 1.05 bits per heavy atom. The van der Waals surface area contributed by atoms with E-state index in [1.165, 1.54) is 63.4 Å². The summed E-state index contributed by atoms with van der Waals surface area (Å²) in [5, 5.41) is 8.89. The number of nitriles is 1. The number of unbranched alkanes of at least 4 members (excludes halogenated alkanes) is 3. The average Bonchev–Trinajstić information content (AvgIpc) is 2.59. The molecule has 0 bridgehead atoms. The van der Waals surface area contributed by atoms with Crippen LogP contribution in [0.3, 0.4) is 0 Å². The Balaban J connectivity index is 1.76. The lowest BCUT2D eigenvalue weighted by Crippen LogP contribution is -2.19. The van der Waals surface area contributed by atoms with Gasteiger partial charge >= 0.3 is 0 Å². The van der Waals surface area contributed by atoms with Crippen molar-refractivity contribution in [1.82, 2.24) is 0 Å². The molecule has 0 saturated heterocycles. The Bertz CT molecular complexity index is 460. The highest BCUT2D eigenvalue weighted by Crippen LogP contribution is 2.39. The fourth-order valence-electron chi connectivity index (χ4n) is 3.98. The third-order valence-electron chi connectivity index (χ3n) is 5.60. The zero-order chi connectivity index (χ0) is 15.8. The summed E-state index contributed by atoms with van der Waals surface area (Å²) in [6.45, 7) is 4.76. The molecule has 1 unspecified atom stereocenters. The van der Waals surface area contributed by atoms with Crippen LogP contribution in [0.2, 0.25) is 0 Å². The SMILES string of the molecule is CCCCCCC(C)C1CCC(c2ccc(C#N)cc2)CC1. The predicted octanol–water partition coefficient (Wildman–Crippen LogP) is 6.44. The standard InChI is InChI=1S/C21H31N/c1-3-4-5-6-7-17(2)19-12-14-21(15-13-19)20-10-8-18(16-22)9-11-20/h8-11,17,19,21H,3-7,12-15H2,1-2H3. The summed E-state index contributed by atoms with van der Waals surface area (Å²) in [7, 11) is 0. The second-order valence-corrected chi connectivity index (χ2v) is 7.17. The lowest BCUT2D eigenvalue weighted by Gasteiger charge is -2.32. The molecule has 22 heavy (non-hydrogen) atoms. The third kappa shape index (κ3) is 4.87. The molecule has 1 nitrogen and oxygen atoms in total. The lowest BCUT2D eigenvalue weighted by atomic mass is 9.73. The number of benzene rings is 1. The molecule has 0 amide bonds. The normalized spacial score (nSPS) is 23.0. The van der Waals surface area contributed by atoms with Gasteiger partial charge in [-0.05, 0) is 61.1 Å².